The number of aromatic nitrogens is 1. The van der Waals surface area contributed by atoms with Crippen molar-refractivity contribution < 1.29 is 19.1 Å². The minimum absolute atomic E-state index is 0.0660. The highest BCUT2D eigenvalue weighted by Crippen LogP contribution is 2.39. The zero-order chi connectivity index (χ0) is 19.6. The number of aliphatic hydroxyl groups excluding tert-OH is 1. The van der Waals surface area contributed by atoms with Crippen LogP contribution in [0.2, 0.25) is 0 Å². The Kier molecular flexibility index (Phi) is 5.35. The maximum atomic E-state index is 13.4. The van der Waals surface area contributed by atoms with Gasteiger partial charge in [0.2, 0.25) is 0 Å². The molecule has 0 aliphatic carbocycles. The fraction of sp³-hybridized carbons (Fsp3) is 0.286. The van der Waals surface area contributed by atoms with E-state index in [1.54, 1.807) is 24.4 Å². The Morgan fingerprint density at radius 3 is 2.52 bits per heavy atom. The van der Waals surface area contributed by atoms with Crippen LogP contribution in [0.5, 0.6) is 0 Å². The van der Waals surface area contributed by atoms with Crippen molar-refractivity contribution in [1.82, 2.24) is 9.88 Å². The monoisotopic (exact) mass is 368 g/mol. The van der Waals surface area contributed by atoms with Crippen LogP contribution in [-0.2, 0) is 16.1 Å². The molecule has 1 aromatic heterocycles. The molecular formula is C21H21FN2O3. The predicted molar refractivity (Wildman–Crippen MR) is 98.0 cm³/mol. The Balaban J connectivity index is 2.03. The van der Waals surface area contributed by atoms with E-state index >= 15 is 0 Å². The van der Waals surface area contributed by atoms with Crippen LogP contribution in [0.25, 0.3) is 0 Å². The first-order valence-corrected chi connectivity index (χ1v) is 8.81. The van der Waals surface area contributed by atoms with E-state index in [9.17, 15) is 19.1 Å². The Morgan fingerprint density at radius 2 is 1.93 bits per heavy atom. The standard InChI is InChI=1S/C21H21FN2O3/c1-13(2)11-17(25)18-19(14-6-8-15(22)9-7-14)24(21(27)20(18)26)12-16-5-3-4-10-23-16/h3-10,13,19,26H,11-12H2,1-2H3. The number of rotatable bonds is 6. The maximum absolute atomic E-state index is 13.4. The van der Waals surface area contributed by atoms with Gasteiger partial charge in [-0.05, 0) is 35.7 Å². The van der Waals surface area contributed by atoms with Gasteiger partial charge in [-0.1, -0.05) is 32.0 Å². The summed E-state index contributed by atoms with van der Waals surface area (Å²) in [6.07, 6.45) is 1.82. The Bertz CT molecular complexity index is 876. The molecule has 0 bridgehead atoms. The van der Waals surface area contributed by atoms with E-state index in [0.29, 0.717) is 11.3 Å². The molecule has 2 aromatic rings. The van der Waals surface area contributed by atoms with E-state index in [2.05, 4.69) is 4.98 Å². The molecule has 1 atom stereocenters. The number of ketones is 1. The first-order valence-electron chi connectivity index (χ1n) is 8.81. The summed E-state index contributed by atoms with van der Waals surface area (Å²) in [4.78, 5) is 31.1. The van der Waals surface area contributed by atoms with Crippen molar-refractivity contribution in [2.45, 2.75) is 32.9 Å². The van der Waals surface area contributed by atoms with Crippen molar-refractivity contribution >= 4 is 11.7 Å². The fourth-order valence-corrected chi connectivity index (χ4v) is 3.24. The van der Waals surface area contributed by atoms with E-state index < -0.39 is 23.5 Å². The molecule has 1 aromatic carbocycles. The van der Waals surface area contributed by atoms with Crippen LogP contribution in [0, 0.1) is 11.7 Å². The second kappa shape index (κ2) is 7.70. The van der Waals surface area contributed by atoms with Crippen LogP contribution in [0.3, 0.4) is 0 Å². The van der Waals surface area contributed by atoms with Gasteiger partial charge in [0.1, 0.15) is 5.82 Å². The molecule has 5 nitrogen and oxygen atoms in total. The first kappa shape index (κ1) is 18.8. The topological polar surface area (TPSA) is 70.5 Å². The molecule has 0 spiro atoms. The lowest BCUT2D eigenvalue weighted by Gasteiger charge is -2.26. The van der Waals surface area contributed by atoms with Crippen molar-refractivity contribution in [2.24, 2.45) is 5.92 Å². The highest BCUT2D eigenvalue weighted by molar-refractivity contribution is 6.08. The van der Waals surface area contributed by atoms with Gasteiger partial charge in [0.05, 0.1) is 23.9 Å². The van der Waals surface area contributed by atoms with Crippen molar-refractivity contribution in [3.63, 3.8) is 0 Å². The number of pyridine rings is 1. The van der Waals surface area contributed by atoms with Gasteiger partial charge in [0, 0.05) is 12.6 Å². The highest BCUT2D eigenvalue weighted by atomic mass is 19.1. The van der Waals surface area contributed by atoms with Gasteiger partial charge in [-0.15, -0.1) is 0 Å². The van der Waals surface area contributed by atoms with Crippen LogP contribution < -0.4 is 0 Å². The SMILES string of the molecule is CC(C)CC(=O)C1=C(O)C(=O)N(Cc2ccccn2)C1c1ccc(F)cc1. The number of carbonyl (C=O) groups is 2. The maximum Gasteiger partial charge on any atom is 0.290 e. The first-order chi connectivity index (χ1) is 12.9. The van der Waals surface area contributed by atoms with Gasteiger partial charge in [-0.3, -0.25) is 14.6 Å². The van der Waals surface area contributed by atoms with Gasteiger partial charge in [-0.25, -0.2) is 4.39 Å². The normalized spacial score (nSPS) is 17.1. The number of benzene rings is 1. The van der Waals surface area contributed by atoms with Crippen LogP contribution >= 0.6 is 0 Å². The minimum Gasteiger partial charge on any atom is -0.503 e. The number of halogens is 1. The molecule has 0 saturated heterocycles. The second-order valence-corrected chi connectivity index (χ2v) is 6.99. The second-order valence-electron chi connectivity index (χ2n) is 6.99. The molecule has 27 heavy (non-hydrogen) atoms. The quantitative estimate of drug-likeness (QED) is 0.843. The molecule has 0 fully saturated rings. The van der Waals surface area contributed by atoms with Crippen molar-refractivity contribution in [3.05, 3.63) is 77.1 Å². The lowest BCUT2D eigenvalue weighted by molar-refractivity contribution is -0.130. The van der Waals surface area contributed by atoms with Crippen LogP contribution in [0.1, 0.15) is 37.6 Å². The van der Waals surface area contributed by atoms with E-state index in [1.165, 1.54) is 29.2 Å². The highest BCUT2D eigenvalue weighted by Gasteiger charge is 2.43. The molecule has 6 heteroatoms. The number of carbonyl (C=O) groups excluding carboxylic acids is 2. The van der Waals surface area contributed by atoms with Gasteiger partial charge in [0.25, 0.3) is 5.91 Å². The molecule has 0 radical (unpaired) electrons. The van der Waals surface area contributed by atoms with Crippen molar-refractivity contribution in [3.8, 4) is 0 Å². The summed E-state index contributed by atoms with van der Waals surface area (Å²) >= 11 is 0. The molecule has 1 unspecified atom stereocenters. The summed E-state index contributed by atoms with van der Waals surface area (Å²) in [6.45, 7) is 3.92. The third kappa shape index (κ3) is 3.89. The van der Waals surface area contributed by atoms with Gasteiger partial charge < -0.3 is 10.0 Å². The molecular weight excluding hydrogens is 347 g/mol. The number of hydrogen-bond acceptors (Lipinski definition) is 4. The Labute approximate surface area is 157 Å². The summed E-state index contributed by atoms with van der Waals surface area (Å²) in [5, 5.41) is 10.4. The molecule has 1 N–H and O–H groups in total. The van der Waals surface area contributed by atoms with Gasteiger partial charge >= 0.3 is 0 Å². The summed E-state index contributed by atoms with van der Waals surface area (Å²) in [5.41, 5.74) is 1.26. The van der Waals surface area contributed by atoms with Gasteiger partial charge in [0.15, 0.2) is 11.5 Å². The molecule has 140 valence electrons. The summed E-state index contributed by atoms with van der Waals surface area (Å²) in [6, 6.07) is 10.2. The predicted octanol–water partition coefficient (Wildman–Crippen LogP) is 3.73. The van der Waals surface area contributed by atoms with E-state index in [-0.39, 0.29) is 30.2 Å². The van der Waals surface area contributed by atoms with Crippen molar-refractivity contribution in [2.75, 3.05) is 0 Å². The van der Waals surface area contributed by atoms with E-state index in [4.69, 9.17) is 0 Å². The molecule has 1 amide bonds. The molecule has 3 rings (SSSR count). The number of aliphatic hydroxyl groups is 1. The van der Waals surface area contributed by atoms with Crippen LogP contribution in [-0.4, -0.2) is 26.7 Å². The summed E-state index contributed by atoms with van der Waals surface area (Å²) in [7, 11) is 0. The molecule has 0 saturated carbocycles. The average molecular weight is 368 g/mol. The number of Topliss-reactive ketones (excluding diaryl/α,β-unsaturated/α-hetero) is 1. The lowest BCUT2D eigenvalue weighted by atomic mass is 9.92. The van der Waals surface area contributed by atoms with Crippen LogP contribution in [0.15, 0.2) is 60.0 Å². The third-order valence-electron chi connectivity index (χ3n) is 4.44. The van der Waals surface area contributed by atoms with Crippen molar-refractivity contribution in [1.29, 1.82) is 0 Å². The largest absolute Gasteiger partial charge is 0.503 e. The number of hydrogen-bond donors (Lipinski definition) is 1. The zero-order valence-electron chi connectivity index (χ0n) is 15.2. The van der Waals surface area contributed by atoms with Crippen LogP contribution in [0.4, 0.5) is 4.39 Å². The smallest absolute Gasteiger partial charge is 0.290 e. The molecule has 1 aliphatic rings. The minimum atomic E-state index is -0.772. The number of nitrogens with zero attached hydrogens (tertiary/aromatic N) is 2. The Hall–Kier alpha value is -3.02. The summed E-state index contributed by atoms with van der Waals surface area (Å²) < 4.78 is 13.4. The fourth-order valence-electron chi connectivity index (χ4n) is 3.24. The van der Waals surface area contributed by atoms with E-state index in [0.717, 1.165) is 0 Å². The average Bonchev–Trinajstić information content (AvgIpc) is 2.88. The van der Waals surface area contributed by atoms with Gasteiger partial charge in [-0.2, -0.15) is 0 Å². The summed E-state index contributed by atoms with van der Waals surface area (Å²) in [5.74, 6) is -1.78. The zero-order valence-corrected chi connectivity index (χ0v) is 15.2. The Morgan fingerprint density at radius 1 is 1.22 bits per heavy atom. The molecule has 1 aliphatic heterocycles. The van der Waals surface area contributed by atoms with E-state index in [1.807, 2.05) is 13.8 Å². The lowest BCUT2D eigenvalue weighted by Crippen LogP contribution is -2.31. The number of amides is 1. The third-order valence-corrected chi connectivity index (χ3v) is 4.44. The molecule has 2 heterocycles.